The fourth-order valence-electron chi connectivity index (χ4n) is 1.54. The molecule has 0 radical (unpaired) electrons. The van der Waals surface area contributed by atoms with E-state index < -0.39 is 0 Å². The molecular weight excluding hydrogens is 228 g/mol. The van der Waals surface area contributed by atoms with Crippen LogP contribution in [0.2, 0.25) is 0 Å². The highest BCUT2D eigenvalue weighted by Gasteiger charge is 2.06. The Morgan fingerprint density at radius 3 is 3.00 bits per heavy atom. The number of rotatable bonds is 6. The lowest BCUT2D eigenvalue weighted by Gasteiger charge is -2.11. The van der Waals surface area contributed by atoms with E-state index in [9.17, 15) is 4.79 Å². The molecule has 96 valence electrons. The molecule has 3 N–H and O–H groups in total. The number of amides is 1. The molecule has 4 nitrogen and oxygen atoms in total. The third-order valence-corrected chi connectivity index (χ3v) is 2.38. The highest BCUT2D eigenvalue weighted by Crippen LogP contribution is 2.20. The van der Waals surface area contributed by atoms with Gasteiger partial charge < -0.3 is 15.8 Å². The molecule has 1 aromatic rings. The Kier molecular flexibility index (Phi) is 5.75. The molecule has 0 fully saturated rings. The van der Waals surface area contributed by atoms with Gasteiger partial charge in [0.1, 0.15) is 5.75 Å². The van der Waals surface area contributed by atoms with Crippen LogP contribution >= 0.6 is 0 Å². The maximum atomic E-state index is 11.4. The van der Waals surface area contributed by atoms with Crippen molar-refractivity contribution in [1.82, 2.24) is 5.32 Å². The van der Waals surface area contributed by atoms with Crippen molar-refractivity contribution >= 4 is 5.91 Å². The van der Waals surface area contributed by atoms with E-state index in [2.05, 4.69) is 11.2 Å². The van der Waals surface area contributed by atoms with E-state index >= 15 is 0 Å². The molecule has 0 aromatic heterocycles. The fraction of sp³-hybridized carbons (Fsp3) is 0.357. The van der Waals surface area contributed by atoms with Gasteiger partial charge in [0.2, 0.25) is 0 Å². The molecule has 18 heavy (non-hydrogen) atoms. The standard InChI is InChI=1S/C14H18N2O2/c1-3-8-16-14(17)10-18-13-5-4-11(2)9-12(13)6-7-15/h1,4-5,9H,6-8,10,15H2,2H3,(H,16,17). The molecule has 0 bridgehead atoms. The lowest BCUT2D eigenvalue weighted by Crippen LogP contribution is -2.29. The van der Waals surface area contributed by atoms with Gasteiger partial charge in [-0.3, -0.25) is 4.79 Å². The molecule has 0 aliphatic carbocycles. The van der Waals surface area contributed by atoms with Gasteiger partial charge in [0.15, 0.2) is 6.61 Å². The second-order valence-corrected chi connectivity index (χ2v) is 3.92. The predicted molar refractivity (Wildman–Crippen MR) is 71.3 cm³/mol. The lowest BCUT2D eigenvalue weighted by atomic mass is 10.1. The van der Waals surface area contributed by atoms with Gasteiger partial charge in [0, 0.05) is 0 Å². The Morgan fingerprint density at radius 2 is 2.33 bits per heavy atom. The van der Waals surface area contributed by atoms with Gasteiger partial charge >= 0.3 is 0 Å². The van der Waals surface area contributed by atoms with Crippen molar-refractivity contribution < 1.29 is 9.53 Å². The molecule has 1 aromatic carbocycles. The van der Waals surface area contributed by atoms with E-state index in [0.29, 0.717) is 12.3 Å². The van der Waals surface area contributed by atoms with Gasteiger partial charge in [-0.05, 0) is 31.5 Å². The number of hydrogen-bond acceptors (Lipinski definition) is 3. The van der Waals surface area contributed by atoms with Crippen LogP contribution < -0.4 is 15.8 Å². The molecule has 0 spiro atoms. The van der Waals surface area contributed by atoms with E-state index in [1.807, 2.05) is 25.1 Å². The largest absolute Gasteiger partial charge is 0.483 e. The predicted octanol–water partition coefficient (Wildman–Crippen LogP) is 0.624. The number of nitrogens with one attached hydrogen (secondary N) is 1. The highest BCUT2D eigenvalue weighted by molar-refractivity contribution is 5.77. The Morgan fingerprint density at radius 1 is 1.56 bits per heavy atom. The van der Waals surface area contributed by atoms with Crippen molar-refractivity contribution in [2.45, 2.75) is 13.3 Å². The Bertz CT molecular complexity index is 450. The molecule has 1 rings (SSSR count). The molecule has 4 heteroatoms. The van der Waals surface area contributed by atoms with E-state index in [1.54, 1.807) is 0 Å². The fourth-order valence-corrected chi connectivity index (χ4v) is 1.54. The lowest BCUT2D eigenvalue weighted by molar-refractivity contribution is -0.122. The SMILES string of the molecule is C#CCNC(=O)COc1ccc(C)cc1CCN. The number of benzene rings is 1. The summed E-state index contributed by atoms with van der Waals surface area (Å²) in [4.78, 5) is 11.4. The number of carbonyl (C=O) groups excluding carboxylic acids is 1. The van der Waals surface area contributed by atoms with Crippen LogP contribution in [-0.4, -0.2) is 25.6 Å². The maximum Gasteiger partial charge on any atom is 0.258 e. The number of nitrogens with two attached hydrogens (primary N) is 1. The number of aryl methyl sites for hydroxylation is 1. The monoisotopic (exact) mass is 246 g/mol. The molecule has 0 atom stereocenters. The second-order valence-electron chi connectivity index (χ2n) is 3.92. The first kappa shape index (κ1) is 14.1. The number of ether oxygens (including phenoxy) is 1. The minimum absolute atomic E-state index is 0.0394. The summed E-state index contributed by atoms with van der Waals surface area (Å²) in [5, 5.41) is 2.54. The molecule has 0 unspecified atom stereocenters. The summed E-state index contributed by atoms with van der Waals surface area (Å²) in [7, 11) is 0. The van der Waals surface area contributed by atoms with Crippen LogP contribution in [-0.2, 0) is 11.2 Å². The number of carbonyl (C=O) groups is 1. The summed E-state index contributed by atoms with van der Waals surface area (Å²) in [5.41, 5.74) is 7.70. The van der Waals surface area contributed by atoms with Gasteiger partial charge in [-0.25, -0.2) is 0 Å². The van der Waals surface area contributed by atoms with Gasteiger partial charge in [-0.2, -0.15) is 0 Å². The van der Waals surface area contributed by atoms with Crippen molar-refractivity contribution in [3.63, 3.8) is 0 Å². The summed E-state index contributed by atoms with van der Waals surface area (Å²) in [6.45, 7) is 2.72. The second kappa shape index (κ2) is 7.36. The van der Waals surface area contributed by atoms with Gasteiger partial charge in [0.25, 0.3) is 5.91 Å². The summed E-state index contributed by atoms with van der Waals surface area (Å²) in [5.74, 6) is 2.80. The average Bonchev–Trinajstić information content (AvgIpc) is 2.36. The van der Waals surface area contributed by atoms with Crippen LogP contribution in [0.5, 0.6) is 5.75 Å². The van der Waals surface area contributed by atoms with Crippen molar-refractivity contribution in [3.05, 3.63) is 29.3 Å². The first-order valence-corrected chi connectivity index (χ1v) is 5.80. The van der Waals surface area contributed by atoms with Crippen molar-refractivity contribution in [3.8, 4) is 18.1 Å². The van der Waals surface area contributed by atoms with Crippen LogP contribution in [0.15, 0.2) is 18.2 Å². The quantitative estimate of drug-likeness (QED) is 0.723. The van der Waals surface area contributed by atoms with Gasteiger partial charge in [0.05, 0.1) is 6.54 Å². The normalized spacial score (nSPS) is 9.61. The number of terminal acetylenes is 1. The molecular formula is C14H18N2O2. The molecule has 0 aliphatic heterocycles. The molecule has 0 saturated carbocycles. The van der Waals surface area contributed by atoms with Crippen LogP contribution in [0.4, 0.5) is 0 Å². The van der Waals surface area contributed by atoms with Crippen LogP contribution in [0.3, 0.4) is 0 Å². The Balaban J connectivity index is 2.61. The molecule has 0 saturated heterocycles. The minimum atomic E-state index is -0.229. The van der Waals surface area contributed by atoms with E-state index in [1.165, 1.54) is 0 Å². The summed E-state index contributed by atoms with van der Waals surface area (Å²) in [6.07, 6.45) is 5.77. The van der Waals surface area contributed by atoms with E-state index in [0.717, 1.165) is 17.5 Å². The highest BCUT2D eigenvalue weighted by atomic mass is 16.5. The smallest absolute Gasteiger partial charge is 0.258 e. The van der Waals surface area contributed by atoms with Crippen LogP contribution in [0, 0.1) is 19.3 Å². The average molecular weight is 246 g/mol. The topological polar surface area (TPSA) is 64.3 Å². The third-order valence-electron chi connectivity index (χ3n) is 2.38. The molecule has 0 aliphatic rings. The third kappa shape index (κ3) is 4.48. The zero-order valence-electron chi connectivity index (χ0n) is 10.5. The van der Waals surface area contributed by atoms with Crippen molar-refractivity contribution in [2.75, 3.05) is 19.7 Å². The first-order chi connectivity index (χ1) is 8.67. The Hall–Kier alpha value is -1.99. The molecule has 0 heterocycles. The van der Waals surface area contributed by atoms with E-state index in [4.69, 9.17) is 16.9 Å². The van der Waals surface area contributed by atoms with Crippen LogP contribution in [0.25, 0.3) is 0 Å². The van der Waals surface area contributed by atoms with E-state index in [-0.39, 0.29) is 19.1 Å². The van der Waals surface area contributed by atoms with Crippen molar-refractivity contribution in [1.29, 1.82) is 0 Å². The molecule has 1 amide bonds. The summed E-state index contributed by atoms with van der Waals surface area (Å²) in [6, 6.07) is 5.81. The maximum absolute atomic E-state index is 11.4. The number of hydrogen-bond donors (Lipinski definition) is 2. The van der Waals surface area contributed by atoms with Gasteiger partial charge in [-0.1, -0.05) is 23.6 Å². The van der Waals surface area contributed by atoms with Crippen molar-refractivity contribution in [2.24, 2.45) is 5.73 Å². The summed E-state index contributed by atoms with van der Waals surface area (Å²) < 4.78 is 5.47. The zero-order chi connectivity index (χ0) is 13.4. The first-order valence-electron chi connectivity index (χ1n) is 5.80. The Labute approximate surface area is 108 Å². The van der Waals surface area contributed by atoms with Gasteiger partial charge in [-0.15, -0.1) is 6.42 Å². The minimum Gasteiger partial charge on any atom is -0.483 e. The zero-order valence-corrected chi connectivity index (χ0v) is 10.5. The van der Waals surface area contributed by atoms with Crippen LogP contribution in [0.1, 0.15) is 11.1 Å². The summed E-state index contributed by atoms with van der Waals surface area (Å²) >= 11 is 0.